The van der Waals surface area contributed by atoms with Gasteiger partial charge in [-0.15, -0.1) is 0 Å². The fourth-order valence-corrected chi connectivity index (χ4v) is 4.13. The Morgan fingerprint density at radius 2 is 1.75 bits per heavy atom. The average Bonchev–Trinajstić information content (AvgIpc) is 3.17. The number of nitrogens with zero attached hydrogens (tertiary/aromatic N) is 2. The van der Waals surface area contributed by atoms with Crippen molar-refractivity contribution in [3.8, 4) is 11.5 Å². The molecule has 1 aliphatic heterocycles. The number of esters is 1. The van der Waals surface area contributed by atoms with Crippen molar-refractivity contribution in [2.45, 2.75) is 19.9 Å². The van der Waals surface area contributed by atoms with E-state index in [2.05, 4.69) is 9.88 Å². The molecule has 1 aliphatic rings. The van der Waals surface area contributed by atoms with Gasteiger partial charge in [-0.2, -0.15) is 0 Å². The lowest BCUT2D eigenvalue weighted by Gasteiger charge is -2.30. The van der Waals surface area contributed by atoms with Crippen LogP contribution in [0.1, 0.15) is 25.5 Å². The largest absolute Gasteiger partial charge is 0.463 e. The molecule has 0 amide bonds. The zero-order valence-corrected chi connectivity index (χ0v) is 17.9. The molecular formula is C26H23N3O3. The van der Waals surface area contributed by atoms with Crippen molar-refractivity contribution in [2.75, 3.05) is 11.9 Å². The standard InChI is InChI=1S/C26H23N3O3/c1-3-31-25(30)23-17(2)27-26-28-21-14-7-8-15-22(21)29(26)24(23)18-10-9-13-20(16-18)32-19-11-5-4-6-12-19/h4-16,24H,3H2,1-2H3,(H,27,28). The third-order valence-corrected chi connectivity index (χ3v) is 5.48. The Bertz CT molecular complexity index is 1320. The number of ether oxygens (including phenoxy) is 2. The lowest BCUT2D eigenvalue weighted by molar-refractivity contribution is -0.139. The number of hydrogen-bond acceptors (Lipinski definition) is 5. The van der Waals surface area contributed by atoms with Gasteiger partial charge in [-0.3, -0.25) is 4.57 Å². The molecule has 1 aromatic heterocycles. The van der Waals surface area contributed by atoms with Gasteiger partial charge in [0.1, 0.15) is 11.5 Å². The van der Waals surface area contributed by atoms with Gasteiger partial charge in [0.25, 0.3) is 0 Å². The van der Waals surface area contributed by atoms with Crippen LogP contribution in [0.2, 0.25) is 0 Å². The van der Waals surface area contributed by atoms with Crippen LogP contribution in [0.15, 0.2) is 90.1 Å². The molecule has 2 heterocycles. The molecule has 32 heavy (non-hydrogen) atoms. The van der Waals surface area contributed by atoms with Crippen LogP contribution in [0.5, 0.6) is 11.5 Å². The summed E-state index contributed by atoms with van der Waals surface area (Å²) in [5.74, 6) is 1.79. The number of rotatable bonds is 5. The number of carbonyl (C=O) groups excluding carboxylic acids is 1. The number of imidazole rings is 1. The zero-order valence-electron chi connectivity index (χ0n) is 17.9. The fourth-order valence-electron chi connectivity index (χ4n) is 4.13. The van der Waals surface area contributed by atoms with E-state index < -0.39 is 6.04 Å². The number of carbonyl (C=O) groups is 1. The van der Waals surface area contributed by atoms with Gasteiger partial charge in [0.15, 0.2) is 0 Å². The third-order valence-electron chi connectivity index (χ3n) is 5.48. The molecule has 1 atom stereocenters. The van der Waals surface area contributed by atoms with Gasteiger partial charge in [0.05, 0.1) is 29.3 Å². The number of fused-ring (bicyclic) bond motifs is 3. The number of aromatic nitrogens is 2. The van der Waals surface area contributed by atoms with E-state index in [1.54, 1.807) is 0 Å². The number of hydrogen-bond donors (Lipinski definition) is 1. The molecule has 0 saturated carbocycles. The SMILES string of the molecule is CCOC(=O)C1=C(C)Nc2nc3ccccc3n2C1c1cccc(Oc2ccccc2)c1. The first-order valence-electron chi connectivity index (χ1n) is 10.6. The van der Waals surface area contributed by atoms with Crippen LogP contribution >= 0.6 is 0 Å². The maximum absolute atomic E-state index is 13.1. The van der Waals surface area contributed by atoms with Crippen molar-refractivity contribution in [3.63, 3.8) is 0 Å². The minimum atomic E-state index is -0.406. The summed E-state index contributed by atoms with van der Waals surface area (Å²) in [4.78, 5) is 17.8. The molecule has 0 aliphatic carbocycles. The molecule has 1 N–H and O–H groups in total. The lowest BCUT2D eigenvalue weighted by Crippen LogP contribution is -2.29. The van der Waals surface area contributed by atoms with Crippen LogP contribution in [-0.2, 0) is 9.53 Å². The number of para-hydroxylation sites is 3. The smallest absolute Gasteiger partial charge is 0.338 e. The summed E-state index contributed by atoms with van der Waals surface area (Å²) in [5.41, 5.74) is 3.98. The summed E-state index contributed by atoms with van der Waals surface area (Å²) >= 11 is 0. The van der Waals surface area contributed by atoms with Crippen LogP contribution < -0.4 is 10.1 Å². The summed E-state index contributed by atoms with van der Waals surface area (Å²) in [5, 5.41) is 3.29. The highest BCUT2D eigenvalue weighted by Crippen LogP contribution is 2.40. The molecule has 0 saturated heterocycles. The van der Waals surface area contributed by atoms with Crippen LogP contribution in [0.4, 0.5) is 5.95 Å². The number of benzene rings is 3. The number of allylic oxidation sites excluding steroid dienone is 1. The van der Waals surface area contributed by atoms with Crippen molar-refractivity contribution in [1.29, 1.82) is 0 Å². The second-order valence-electron chi connectivity index (χ2n) is 7.57. The molecule has 0 fully saturated rings. The van der Waals surface area contributed by atoms with Crippen molar-refractivity contribution in [1.82, 2.24) is 9.55 Å². The van der Waals surface area contributed by atoms with E-state index in [9.17, 15) is 4.79 Å². The molecule has 160 valence electrons. The second-order valence-corrected chi connectivity index (χ2v) is 7.57. The van der Waals surface area contributed by atoms with Crippen LogP contribution in [0, 0.1) is 0 Å². The second kappa shape index (κ2) is 8.23. The molecule has 4 aromatic rings. The molecule has 0 bridgehead atoms. The predicted molar refractivity (Wildman–Crippen MR) is 124 cm³/mol. The van der Waals surface area contributed by atoms with Crippen LogP contribution in [0.3, 0.4) is 0 Å². The Labute approximate surface area is 186 Å². The highest BCUT2D eigenvalue weighted by molar-refractivity contribution is 5.94. The topological polar surface area (TPSA) is 65.4 Å². The maximum atomic E-state index is 13.1. The summed E-state index contributed by atoms with van der Waals surface area (Å²) in [6.45, 7) is 3.99. The molecular weight excluding hydrogens is 402 g/mol. The van der Waals surface area contributed by atoms with E-state index in [1.165, 1.54) is 0 Å². The summed E-state index contributed by atoms with van der Waals surface area (Å²) < 4.78 is 13.5. The lowest BCUT2D eigenvalue weighted by atomic mass is 9.95. The molecule has 0 radical (unpaired) electrons. The Kier molecular flexibility index (Phi) is 5.11. The van der Waals surface area contributed by atoms with Crippen molar-refractivity contribution in [3.05, 3.63) is 95.7 Å². The summed E-state index contributed by atoms with van der Waals surface area (Å²) in [7, 11) is 0. The first-order valence-corrected chi connectivity index (χ1v) is 10.6. The first kappa shape index (κ1) is 19.9. The number of anilines is 1. The van der Waals surface area contributed by atoms with Crippen LogP contribution in [-0.4, -0.2) is 22.1 Å². The van der Waals surface area contributed by atoms with Gasteiger partial charge in [-0.05, 0) is 55.8 Å². The molecule has 5 rings (SSSR count). The normalized spacial score (nSPS) is 15.2. The Hall–Kier alpha value is -4.06. The third kappa shape index (κ3) is 3.50. The quantitative estimate of drug-likeness (QED) is 0.417. The summed E-state index contributed by atoms with van der Waals surface area (Å²) in [6.07, 6.45) is 0. The number of nitrogens with one attached hydrogen (secondary N) is 1. The zero-order chi connectivity index (χ0) is 22.1. The van der Waals surface area contributed by atoms with E-state index in [4.69, 9.17) is 14.5 Å². The fraction of sp³-hybridized carbons (Fsp3) is 0.154. The molecule has 6 heteroatoms. The van der Waals surface area contributed by atoms with Gasteiger partial charge in [0, 0.05) is 5.70 Å². The molecule has 6 nitrogen and oxygen atoms in total. The molecule has 0 spiro atoms. The predicted octanol–water partition coefficient (Wildman–Crippen LogP) is 5.68. The van der Waals surface area contributed by atoms with E-state index in [0.29, 0.717) is 23.9 Å². The van der Waals surface area contributed by atoms with Gasteiger partial charge in [-0.25, -0.2) is 9.78 Å². The molecule has 3 aromatic carbocycles. The van der Waals surface area contributed by atoms with E-state index in [1.807, 2.05) is 92.7 Å². The first-order chi connectivity index (χ1) is 15.7. The Balaban J connectivity index is 1.66. The van der Waals surface area contributed by atoms with E-state index >= 15 is 0 Å². The van der Waals surface area contributed by atoms with Gasteiger partial charge >= 0.3 is 5.97 Å². The minimum Gasteiger partial charge on any atom is -0.463 e. The van der Waals surface area contributed by atoms with Crippen molar-refractivity contribution in [2.24, 2.45) is 0 Å². The summed E-state index contributed by atoms with van der Waals surface area (Å²) in [6, 6.07) is 24.9. The van der Waals surface area contributed by atoms with Gasteiger partial charge < -0.3 is 14.8 Å². The highest BCUT2D eigenvalue weighted by atomic mass is 16.5. The minimum absolute atomic E-state index is 0.303. The Morgan fingerprint density at radius 3 is 2.56 bits per heavy atom. The van der Waals surface area contributed by atoms with E-state index in [-0.39, 0.29) is 5.97 Å². The van der Waals surface area contributed by atoms with Gasteiger partial charge in [-0.1, -0.05) is 42.5 Å². The van der Waals surface area contributed by atoms with Crippen LogP contribution in [0.25, 0.3) is 11.0 Å². The van der Waals surface area contributed by atoms with Gasteiger partial charge in [0.2, 0.25) is 5.95 Å². The highest BCUT2D eigenvalue weighted by Gasteiger charge is 2.35. The monoisotopic (exact) mass is 425 g/mol. The molecule has 1 unspecified atom stereocenters. The Morgan fingerprint density at radius 1 is 1.00 bits per heavy atom. The maximum Gasteiger partial charge on any atom is 0.338 e. The average molecular weight is 425 g/mol. The van der Waals surface area contributed by atoms with Crippen molar-refractivity contribution < 1.29 is 14.3 Å². The van der Waals surface area contributed by atoms with Crippen molar-refractivity contribution >= 4 is 23.0 Å². The van der Waals surface area contributed by atoms with E-state index in [0.717, 1.165) is 28.0 Å².